The first kappa shape index (κ1) is 13.5. The number of hydrogen-bond donors (Lipinski definition) is 0. The largest absolute Gasteiger partial charge is 0.260 e. The van der Waals surface area contributed by atoms with Crippen LogP contribution >= 0.6 is 11.8 Å². The molecule has 0 rings (SSSR count). The predicted octanol–water partition coefficient (Wildman–Crippen LogP) is 3.07. The molecule has 0 aliphatic carbocycles. The smallest absolute Gasteiger partial charge is 0.0235 e. The maximum absolute atomic E-state index is 11.2. The summed E-state index contributed by atoms with van der Waals surface area (Å²) in [6.45, 7) is 4.30. The molecule has 0 heterocycles. The van der Waals surface area contributed by atoms with E-state index in [9.17, 15) is 4.21 Å². The molecular weight excluding hydrogens is 200 g/mol. The quantitative estimate of drug-likeness (QED) is 0.558. The maximum atomic E-state index is 11.2. The third-order valence-electron chi connectivity index (χ3n) is 1.69. The van der Waals surface area contributed by atoms with Crippen molar-refractivity contribution in [1.29, 1.82) is 0 Å². The Morgan fingerprint density at radius 3 is 2.38 bits per heavy atom. The van der Waals surface area contributed by atoms with Crippen LogP contribution in [0.25, 0.3) is 0 Å². The summed E-state index contributed by atoms with van der Waals surface area (Å²) in [6.07, 6.45) is 4.70. The van der Waals surface area contributed by atoms with Crippen LogP contribution in [0.2, 0.25) is 0 Å². The molecule has 0 bridgehead atoms. The van der Waals surface area contributed by atoms with E-state index in [0.717, 1.165) is 24.3 Å². The van der Waals surface area contributed by atoms with E-state index in [2.05, 4.69) is 13.8 Å². The number of unbranched alkanes of at least 4 members (excludes halogenated alkanes) is 1. The van der Waals surface area contributed by atoms with Crippen LogP contribution in [0.5, 0.6) is 0 Å². The van der Waals surface area contributed by atoms with Crippen molar-refractivity contribution in [2.45, 2.75) is 39.5 Å². The number of thioether (sulfide) groups is 1. The van der Waals surface area contributed by atoms with E-state index >= 15 is 0 Å². The molecule has 3 heteroatoms. The van der Waals surface area contributed by atoms with E-state index < -0.39 is 10.8 Å². The average Bonchev–Trinajstić information content (AvgIpc) is 2.11. The average molecular weight is 222 g/mol. The maximum Gasteiger partial charge on any atom is 0.0235 e. The molecule has 0 saturated heterocycles. The molecule has 1 unspecified atom stereocenters. The molecule has 0 aromatic carbocycles. The Hall–Kier alpha value is 0.500. The van der Waals surface area contributed by atoms with Crippen LogP contribution in [0, 0.1) is 0 Å². The summed E-state index contributed by atoms with van der Waals surface area (Å²) in [5.74, 6) is 4.33. The van der Waals surface area contributed by atoms with E-state index in [1.54, 1.807) is 0 Å². The SMILES string of the molecule is CCCSCCCCS(=O)CCC. The summed E-state index contributed by atoms with van der Waals surface area (Å²) in [5, 5.41) is 0. The lowest BCUT2D eigenvalue weighted by Crippen LogP contribution is -2.01. The second kappa shape index (κ2) is 10.6. The van der Waals surface area contributed by atoms with Gasteiger partial charge >= 0.3 is 0 Å². The molecule has 80 valence electrons. The Kier molecular flexibility index (Phi) is 11.0. The Balaban J connectivity index is 3.02. The summed E-state index contributed by atoms with van der Waals surface area (Å²) in [4.78, 5) is 0. The van der Waals surface area contributed by atoms with Crippen LogP contribution in [0.4, 0.5) is 0 Å². The van der Waals surface area contributed by atoms with Gasteiger partial charge in [0.25, 0.3) is 0 Å². The van der Waals surface area contributed by atoms with Crippen molar-refractivity contribution in [3.05, 3.63) is 0 Å². The zero-order valence-corrected chi connectivity index (χ0v) is 10.5. The lowest BCUT2D eigenvalue weighted by atomic mass is 10.4. The lowest BCUT2D eigenvalue weighted by Gasteiger charge is -2.00. The molecule has 13 heavy (non-hydrogen) atoms. The fourth-order valence-electron chi connectivity index (χ4n) is 1.04. The van der Waals surface area contributed by atoms with E-state index in [1.807, 2.05) is 11.8 Å². The first-order valence-corrected chi connectivity index (χ1v) is 7.88. The van der Waals surface area contributed by atoms with Gasteiger partial charge in [0.15, 0.2) is 0 Å². The monoisotopic (exact) mass is 222 g/mol. The van der Waals surface area contributed by atoms with Crippen LogP contribution in [0.3, 0.4) is 0 Å². The van der Waals surface area contributed by atoms with Crippen LogP contribution in [-0.4, -0.2) is 27.2 Å². The molecule has 0 N–H and O–H groups in total. The zero-order valence-electron chi connectivity index (χ0n) is 8.88. The van der Waals surface area contributed by atoms with Crippen molar-refractivity contribution in [1.82, 2.24) is 0 Å². The van der Waals surface area contributed by atoms with Gasteiger partial charge in [0.1, 0.15) is 0 Å². The van der Waals surface area contributed by atoms with Crippen molar-refractivity contribution < 1.29 is 4.21 Å². The van der Waals surface area contributed by atoms with Gasteiger partial charge in [0.2, 0.25) is 0 Å². The standard InChI is InChI=1S/C10H22OS2/c1-3-7-12-8-5-6-10-13(11)9-4-2/h3-10H2,1-2H3. The number of rotatable bonds is 9. The minimum absolute atomic E-state index is 0.537. The Morgan fingerprint density at radius 1 is 1.00 bits per heavy atom. The van der Waals surface area contributed by atoms with E-state index in [0.29, 0.717) is 0 Å². The van der Waals surface area contributed by atoms with Crippen LogP contribution in [0.15, 0.2) is 0 Å². The second-order valence-corrected chi connectivity index (χ2v) is 6.09. The van der Waals surface area contributed by atoms with Gasteiger partial charge in [0, 0.05) is 22.3 Å². The molecule has 0 radical (unpaired) electrons. The van der Waals surface area contributed by atoms with Gasteiger partial charge in [-0.15, -0.1) is 0 Å². The molecule has 0 aliphatic rings. The summed E-state index contributed by atoms with van der Waals surface area (Å²) in [7, 11) is -0.537. The van der Waals surface area contributed by atoms with Gasteiger partial charge in [-0.25, -0.2) is 0 Å². The topological polar surface area (TPSA) is 17.1 Å². The molecular formula is C10H22OS2. The molecule has 0 aromatic rings. The highest BCUT2D eigenvalue weighted by molar-refractivity contribution is 7.99. The molecule has 0 aliphatic heterocycles. The summed E-state index contributed by atoms with van der Waals surface area (Å²) in [5.41, 5.74) is 0. The van der Waals surface area contributed by atoms with Crippen molar-refractivity contribution in [2.75, 3.05) is 23.0 Å². The summed E-state index contributed by atoms with van der Waals surface area (Å²) < 4.78 is 11.2. The predicted molar refractivity (Wildman–Crippen MR) is 65.0 cm³/mol. The Labute approximate surface area is 89.5 Å². The van der Waals surface area contributed by atoms with Gasteiger partial charge in [-0.3, -0.25) is 4.21 Å². The number of hydrogen-bond acceptors (Lipinski definition) is 2. The molecule has 0 aromatic heterocycles. The highest BCUT2D eigenvalue weighted by Crippen LogP contribution is 2.06. The molecule has 1 nitrogen and oxygen atoms in total. The summed E-state index contributed by atoms with van der Waals surface area (Å²) in [6, 6.07) is 0. The third kappa shape index (κ3) is 10.4. The fourth-order valence-corrected chi connectivity index (χ4v) is 3.13. The second-order valence-electron chi connectivity index (χ2n) is 3.17. The summed E-state index contributed by atoms with van der Waals surface area (Å²) >= 11 is 2.02. The zero-order chi connectivity index (χ0) is 9.94. The van der Waals surface area contributed by atoms with Gasteiger partial charge in [-0.1, -0.05) is 13.8 Å². The molecule has 0 amide bonds. The highest BCUT2D eigenvalue weighted by atomic mass is 32.2. The molecule has 1 atom stereocenters. The van der Waals surface area contributed by atoms with Gasteiger partial charge in [0.05, 0.1) is 0 Å². The van der Waals surface area contributed by atoms with Crippen LogP contribution in [-0.2, 0) is 10.8 Å². The van der Waals surface area contributed by atoms with Crippen molar-refractivity contribution in [3.63, 3.8) is 0 Å². The van der Waals surface area contributed by atoms with E-state index in [-0.39, 0.29) is 0 Å². The van der Waals surface area contributed by atoms with Gasteiger partial charge in [-0.05, 0) is 37.2 Å². The first-order chi connectivity index (χ1) is 6.31. The van der Waals surface area contributed by atoms with Crippen molar-refractivity contribution >= 4 is 22.6 Å². The lowest BCUT2D eigenvalue weighted by molar-refractivity contribution is 0.678. The fraction of sp³-hybridized carbons (Fsp3) is 1.00. The van der Waals surface area contributed by atoms with E-state index in [1.165, 1.54) is 24.3 Å². The molecule has 0 spiro atoms. The molecule has 0 saturated carbocycles. The minimum atomic E-state index is -0.537. The van der Waals surface area contributed by atoms with Crippen LogP contribution < -0.4 is 0 Å². The highest BCUT2D eigenvalue weighted by Gasteiger charge is 1.97. The first-order valence-electron chi connectivity index (χ1n) is 5.24. The molecule has 0 fully saturated rings. The van der Waals surface area contributed by atoms with Crippen molar-refractivity contribution in [2.24, 2.45) is 0 Å². The van der Waals surface area contributed by atoms with E-state index in [4.69, 9.17) is 0 Å². The Morgan fingerprint density at radius 2 is 1.77 bits per heavy atom. The van der Waals surface area contributed by atoms with Gasteiger partial charge < -0.3 is 0 Å². The Bertz CT molecular complexity index is 126. The van der Waals surface area contributed by atoms with Gasteiger partial charge in [-0.2, -0.15) is 11.8 Å². The normalized spacial score (nSPS) is 13.1. The minimum Gasteiger partial charge on any atom is -0.260 e. The van der Waals surface area contributed by atoms with Crippen molar-refractivity contribution in [3.8, 4) is 0 Å². The van der Waals surface area contributed by atoms with Crippen LogP contribution in [0.1, 0.15) is 39.5 Å². The third-order valence-corrected chi connectivity index (χ3v) is 4.57.